The van der Waals surface area contributed by atoms with Crippen molar-refractivity contribution in [1.29, 1.82) is 0 Å². The molecule has 0 amide bonds. The fourth-order valence-electron chi connectivity index (χ4n) is 3.42. The number of aromatic nitrogens is 1. The highest BCUT2D eigenvalue weighted by Gasteiger charge is 2.28. The average molecular weight is 290 g/mol. The number of hydrogen-bond donors (Lipinski definition) is 1. The molecule has 1 aliphatic carbocycles. The van der Waals surface area contributed by atoms with Crippen LogP contribution in [0.1, 0.15) is 40.9 Å². The van der Waals surface area contributed by atoms with Gasteiger partial charge in [0.1, 0.15) is 11.4 Å². The molecular weight excluding hydrogens is 268 g/mol. The van der Waals surface area contributed by atoms with E-state index in [-0.39, 0.29) is 0 Å². The number of carbonyl (C=O) groups is 1. The number of methoxy groups -OCH3 is 1. The molecule has 1 atom stereocenters. The maximum absolute atomic E-state index is 11.6. The number of aryl methyl sites for hydroxylation is 2. The Balaban J connectivity index is 1.91. The van der Waals surface area contributed by atoms with Crippen molar-refractivity contribution in [3.05, 3.63) is 22.9 Å². The highest BCUT2D eigenvalue weighted by Crippen LogP contribution is 2.30. The van der Waals surface area contributed by atoms with Gasteiger partial charge in [-0.1, -0.05) is 0 Å². The van der Waals surface area contributed by atoms with E-state index in [2.05, 4.69) is 4.90 Å². The molecule has 0 spiro atoms. The maximum atomic E-state index is 11.6. The van der Waals surface area contributed by atoms with Crippen molar-refractivity contribution in [2.24, 2.45) is 5.92 Å². The molecule has 2 aliphatic rings. The molecule has 1 fully saturated rings. The Morgan fingerprint density at radius 1 is 1.48 bits per heavy atom. The van der Waals surface area contributed by atoms with Crippen molar-refractivity contribution in [3.63, 3.8) is 0 Å². The van der Waals surface area contributed by atoms with Crippen molar-refractivity contribution in [1.82, 2.24) is 4.98 Å². The number of hydrogen-bond acceptors (Lipinski definition) is 4. The van der Waals surface area contributed by atoms with E-state index in [1.807, 2.05) is 6.07 Å². The molecule has 3 rings (SSSR count). The van der Waals surface area contributed by atoms with Crippen LogP contribution in [0.4, 0.5) is 5.82 Å². The number of nitrogens with zero attached hydrogens (tertiary/aromatic N) is 2. The van der Waals surface area contributed by atoms with Gasteiger partial charge in [-0.15, -0.1) is 0 Å². The Hall–Kier alpha value is -1.62. The average Bonchev–Trinajstić information content (AvgIpc) is 2.94. The summed E-state index contributed by atoms with van der Waals surface area (Å²) < 4.78 is 5.21. The molecule has 2 heterocycles. The van der Waals surface area contributed by atoms with Crippen LogP contribution in [0.25, 0.3) is 0 Å². The second-order valence-electron chi connectivity index (χ2n) is 6.03. The van der Waals surface area contributed by atoms with Gasteiger partial charge in [-0.25, -0.2) is 9.78 Å². The number of fused-ring (bicyclic) bond motifs is 1. The maximum Gasteiger partial charge on any atom is 0.339 e. The minimum absolute atomic E-state index is 0.355. The Kier molecular flexibility index (Phi) is 4.10. The fraction of sp³-hybridized carbons (Fsp3) is 0.625. The molecule has 5 nitrogen and oxygen atoms in total. The fourth-order valence-corrected chi connectivity index (χ4v) is 3.42. The van der Waals surface area contributed by atoms with Crippen molar-refractivity contribution in [3.8, 4) is 0 Å². The summed E-state index contributed by atoms with van der Waals surface area (Å²) in [5, 5.41) is 9.51. The summed E-state index contributed by atoms with van der Waals surface area (Å²) in [6, 6.07) is 1.85. The standard InChI is InChI=1S/C16H22N2O3/c1-21-10-11-6-7-18(9-11)15-13(16(19)20)8-12-4-2-3-5-14(12)17-15/h8,11H,2-7,9-10H2,1H3,(H,19,20). The lowest BCUT2D eigenvalue weighted by molar-refractivity contribution is 0.0697. The Morgan fingerprint density at radius 2 is 2.29 bits per heavy atom. The first-order chi connectivity index (χ1) is 10.2. The lowest BCUT2D eigenvalue weighted by Crippen LogP contribution is -2.25. The molecule has 0 radical (unpaired) electrons. The summed E-state index contributed by atoms with van der Waals surface area (Å²) in [5.74, 6) is 0.247. The van der Waals surface area contributed by atoms with Crippen LogP contribution in [0.15, 0.2) is 6.07 Å². The second-order valence-corrected chi connectivity index (χ2v) is 6.03. The summed E-state index contributed by atoms with van der Waals surface area (Å²) in [4.78, 5) is 18.4. The van der Waals surface area contributed by atoms with Crippen LogP contribution in [-0.2, 0) is 17.6 Å². The number of carboxylic acid groups (broad SMARTS) is 1. The molecule has 1 unspecified atom stereocenters. The molecule has 0 bridgehead atoms. The van der Waals surface area contributed by atoms with Crippen molar-refractivity contribution in [2.45, 2.75) is 32.1 Å². The first-order valence-electron chi connectivity index (χ1n) is 7.69. The van der Waals surface area contributed by atoms with Gasteiger partial charge in [0.15, 0.2) is 0 Å². The van der Waals surface area contributed by atoms with Crippen LogP contribution >= 0.6 is 0 Å². The summed E-state index contributed by atoms with van der Waals surface area (Å²) in [5.41, 5.74) is 2.57. The zero-order chi connectivity index (χ0) is 14.8. The Morgan fingerprint density at radius 3 is 3.05 bits per heavy atom. The summed E-state index contributed by atoms with van der Waals surface area (Å²) in [6.45, 7) is 2.42. The molecule has 21 heavy (non-hydrogen) atoms. The highest BCUT2D eigenvalue weighted by atomic mass is 16.5. The topological polar surface area (TPSA) is 62.7 Å². The van der Waals surface area contributed by atoms with Crippen molar-refractivity contribution < 1.29 is 14.6 Å². The molecule has 5 heteroatoms. The highest BCUT2D eigenvalue weighted by molar-refractivity contribution is 5.93. The number of pyridine rings is 1. The lowest BCUT2D eigenvalue weighted by atomic mass is 9.94. The van der Waals surface area contributed by atoms with E-state index >= 15 is 0 Å². The van der Waals surface area contributed by atoms with Gasteiger partial charge in [0.2, 0.25) is 0 Å². The van der Waals surface area contributed by atoms with Crippen molar-refractivity contribution in [2.75, 3.05) is 31.7 Å². The summed E-state index contributed by atoms with van der Waals surface area (Å²) in [7, 11) is 1.71. The van der Waals surface area contributed by atoms with Gasteiger partial charge in [-0.2, -0.15) is 0 Å². The minimum atomic E-state index is -0.874. The number of anilines is 1. The lowest BCUT2D eigenvalue weighted by Gasteiger charge is -2.23. The normalized spacial score (nSPS) is 21.4. The number of aromatic carboxylic acids is 1. The molecule has 1 saturated heterocycles. The van der Waals surface area contributed by atoms with Gasteiger partial charge in [0.25, 0.3) is 0 Å². The predicted octanol–water partition coefficient (Wildman–Crippen LogP) is 2.13. The van der Waals surface area contributed by atoms with Crippen LogP contribution in [0.5, 0.6) is 0 Å². The SMILES string of the molecule is COCC1CCN(c2nc3c(cc2C(=O)O)CCCC3)C1. The third-order valence-electron chi connectivity index (χ3n) is 4.50. The van der Waals surface area contributed by atoms with Gasteiger partial charge < -0.3 is 14.7 Å². The molecule has 1 aliphatic heterocycles. The van der Waals surface area contributed by atoms with E-state index in [1.54, 1.807) is 7.11 Å². The van der Waals surface area contributed by atoms with Crippen LogP contribution in [0, 0.1) is 5.92 Å². The number of carboxylic acids is 1. The minimum Gasteiger partial charge on any atom is -0.478 e. The molecule has 114 valence electrons. The third kappa shape index (κ3) is 2.88. The van der Waals surface area contributed by atoms with E-state index in [0.717, 1.165) is 63.1 Å². The van der Waals surface area contributed by atoms with Crippen LogP contribution in [-0.4, -0.2) is 42.9 Å². The largest absolute Gasteiger partial charge is 0.478 e. The van der Waals surface area contributed by atoms with Crippen LogP contribution < -0.4 is 4.90 Å². The molecule has 1 aromatic heterocycles. The van der Waals surface area contributed by atoms with E-state index in [1.165, 1.54) is 0 Å². The first kappa shape index (κ1) is 14.3. The van der Waals surface area contributed by atoms with Gasteiger partial charge in [0.05, 0.1) is 6.61 Å². The van der Waals surface area contributed by atoms with Gasteiger partial charge in [-0.05, 0) is 43.7 Å². The predicted molar refractivity (Wildman–Crippen MR) is 80.0 cm³/mol. The monoisotopic (exact) mass is 290 g/mol. The first-order valence-corrected chi connectivity index (χ1v) is 7.69. The summed E-state index contributed by atoms with van der Waals surface area (Å²) in [6.07, 6.45) is 5.24. The van der Waals surface area contributed by atoms with Gasteiger partial charge in [0, 0.05) is 31.8 Å². The zero-order valence-corrected chi connectivity index (χ0v) is 12.5. The van der Waals surface area contributed by atoms with E-state index in [0.29, 0.717) is 17.3 Å². The van der Waals surface area contributed by atoms with Crippen LogP contribution in [0.3, 0.4) is 0 Å². The van der Waals surface area contributed by atoms with Gasteiger partial charge in [-0.3, -0.25) is 0 Å². The Bertz CT molecular complexity index is 545. The van der Waals surface area contributed by atoms with Crippen molar-refractivity contribution >= 4 is 11.8 Å². The second kappa shape index (κ2) is 6.02. The van der Waals surface area contributed by atoms with Gasteiger partial charge >= 0.3 is 5.97 Å². The molecule has 1 aromatic rings. The quantitative estimate of drug-likeness (QED) is 0.920. The number of rotatable bonds is 4. The molecular formula is C16H22N2O3. The number of ether oxygens (including phenoxy) is 1. The van der Waals surface area contributed by atoms with Crippen LogP contribution in [0.2, 0.25) is 0 Å². The zero-order valence-electron chi connectivity index (χ0n) is 12.5. The summed E-state index contributed by atoms with van der Waals surface area (Å²) >= 11 is 0. The third-order valence-corrected chi connectivity index (χ3v) is 4.50. The van der Waals surface area contributed by atoms with E-state index in [9.17, 15) is 9.90 Å². The molecule has 0 aromatic carbocycles. The smallest absolute Gasteiger partial charge is 0.339 e. The van der Waals surface area contributed by atoms with E-state index < -0.39 is 5.97 Å². The van der Waals surface area contributed by atoms with E-state index in [4.69, 9.17) is 9.72 Å². The molecule has 1 N–H and O–H groups in total. The molecule has 0 saturated carbocycles. The Labute approximate surface area is 124 Å².